The van der Waals surface area contributed by atoms with Gasteiger partial charge in [-0.2, -0.15) is 0 Å². The van der Waals surface area contributed by atoms with Crippen LogP contribution in [0.5, 0.6) is 0 Å². The summed E-state index contributed by atoms with van der Waals surface area (Å²) in [5.74, 6) is 1.57. The third-order valence-corrected chi connectivity index (χ3v) is 4.75. The fourth-order valence-corrected chi connectivity index (χ4v) is 3.36. The third-order valence-electron chi connectivity index (χ3n) is 4.75. The molecule has 25 heavy (non-hydrogen) atoms. The Balaban J connectivity index is 1.67. The van der Waals surface area contributed by atoms with Gasteiger partial charge in [0, 0.05) is 17.5 Å². The molecule has 2 N–H and O–H groups in total. The number of anilines is 2. The molecule has 0 spiro atoms. The quantitative estimate of drug-likeness (QED) is 0.755. The van der Waals surface area contributed by atoms with Gasteiger partial charge in [-0.15, -0.1) is 0 Å². The number of nitrogens with zero attached hydrogens (tertiary/aromatic N) is 2. The summed E-state index contributed by atoms with van der Waals surface area (Å²) in [7, 11) is 0. The Bertz CT molecular complexity index is 750. The van der Waals surface area contributed by atoms with E-state index in [1.165, 1.54) is 25.7 Å². The molecule has 0 radical (unpaired) electrons. The predicted octanol–water partition coefficient (Wildman–Crippen LogP) is 4.87. The van der Waals surface area contributed by atoms with Crippen molar-refractivity contribution in [1.29, 1.82) is 0 Å². The highest BCUT2D eigenvalue weighted by atomic mass is 16.1. The maximum Gasteiger partial charge on any atom is 0.224 e. The zero-order chi connectivity index (χ0) is 17.5. The number of amides is 1. The first-order valence-electron chi connectivity index (χ1n) is 9.22. The van der Waals surface area contributed by atoms with Crippen molar-refractivity contribution in [2.75, 3.05) is 10.6 Å². The standard InChI is InChI=1S/C20H26N4O/c1-2-3-12-21-20-17-13-16(9-10-18(17)22-14-23-20)24-19(25)11-8-15-6-4-5-7-15/h3,9-10,12-15H,2,4-8,11H2,1H3,(H,24,25)(H,21,22,23). The lowest BCUT2D eigenvalue weighted by Gasteiger charge is -2.10. The zero-order valence-electron chi connectivity index (χ0n) is 14.8. The summed E-state index contributed by atoms with van der Waals surface area (Å²) in [6.45, 7) is 2.08. The van der Waals surface area contributed by atoms with Gasteiger partial charge in [-0.3, -0.25) is 4.79 Å². The van der Waals surface area contributed by atoms with Gasteiger partial charge in [0.25, 0.3) is 0 Å². The summed E-state index contributed by atoms with van der Waals surface area (Å²) < 4.78 is 0. The Labute approximate surface area is 148 Å². The highest BCUT2D eigenvalue weighted by Gasteiger charge is 2.16. The summed E-state index contributed by atoms with van der Waals surface area (Å²) in [6.07, 6.45) is 13.2. The summed E-state index contributed by atoms with van der Waals surface area (Å²) in [5, 5.41) is 7.10. The van der Waals surface area contributed by atoms with Crippen LogP contribution in [0.2, 0.25) is 0 Å². The number of carbonyl (C=O) groups is 1. The molecule has 5 heteroatoms. The van der Waals surface area contributed by atoms with Crippen LogP contribution in [0.4, 0.5) is 11.5 Å². The maximum absolute atomic E-state index is 12.2. The van der Waals surface area contributed by atoms with E-state index in [-0.39, 0.29) is 5.91 Å². The van der Waals surface area contributed by atoms with E-state index in [1.54, 1.807) is 6.33 Å². The molecule has 0 bridgehead atoms. The minimum absolute atomic E-state index is 0.0866. The maximum atomic E-state index is 12.2. The van der Waals surface area contributed by atoms with Gasteiger partial charge in [0.2, 0.25) is 5.91 Å². The molecule has 0 aliphatic heterocycles. The summed E-state index contributed by atoms with van der Waals surface area (Å²) in [4.78, 5) is 20.8. The molecule has 1 saturated carbocycles. The molecule has 2 aromatic rings. The van der Waals surface area contributed by atoms with Gasteiger partial charge in [0.1, 0.15) is 12.1 Å². The molecule has 132 valence electrons. The largest absolute Gasteiger partial charge is 0.346 e. The lowest BCUT2D eigenvalue weighted by Crippen LogP contribution is -2.12. The second-order valence-electron chi connectivity index (χ2n) is 6.65. The molecule has 1 aliphatic carbocycles. The summed E-state index contributed by atoms with van der Waals surface area (Å²) in [5.41, 5.74) is 1.65. The zero-order valence-corrected chi connectivity index (χ0v) is 14.8. The molecule has 1 heterocycles. The van der Waals surface area contributed by atoms with E-state index in [0.29, 0.717) is 6.42 Å². The molecular formula is C20H26N4O. The lowest BCUT2D eigenvalue weighted by molar-refractivity contribution is -0.116. The van der Waals surface area contributed by atoms with Crippen molar-refractivity contribution in [2.24, 2.45) is 5.92 Å². The van der Waals surface area contributed by atoms with Crippen molar-refractivity contribution in [2.45, 2.75) is 51.9 Å². The van der Waals surface area contributed by atoms with Crippen molar-refractivity contribution >= 4 is 28.3 Å². The molecular weight excluding hydrogens is 312 g/mol. The van der Waals surface area contributed by atoms with Crippen LogP contribution in [0.15, 0.2) is 36.8 Å². The van der Waals surface area contributed by atoms with Crippen molar-refractivity contribution in [3.63, 3.8) is 0 Å². The number of allylic oxidation sites excluding steroid dienone is 1. The number of carbonyl (C=O) groups excluding carboxylic acids is 1. The van der Waals surface area contributed by atoms with Crippen LogP contribution >= 0.6 is 0 Å². The highest BCUT2D eigenvalue weighted by Crippen LogP contribution is 2.29. The van der Waals surface area contributed by atoms with Crippen molar-refractivity contribution in [1.82, 2.24) is 9.97 Å². The van der Waals surface area contributed by atoms with E-state index in [4.69, 9.17) is 0 Å². The molecule has 1 aromatic heterocycles. The Morgan fingerprint density at radius 2 is 2.12 bits per heavy atom. The SMILES string of the molecule is CCC=CNc1ncnc2ccc(NC(=O)CCC3CCCC3)cc12. The molecule has 1 aromatic carbocycles. The van der Waals surface area contributed by atoms with E-state index < -0.39 is 0 Å². The Kier molecular flexibility index (Phi) is 5.99. The fraction of sp³-hybridized carbons (Fsp3) is 0.450. The van der Waals surface area contributed by atoms with Gasteiger partial charge in [-0.1, -0.05) is 38.7 Å². The number of benzene rings is 1. The van der Waals surface area contributed by atoms with Crippen LogP contribution in [-0.4, -0.2) is 15.9 Å². The fourth-order valence-electron chi connectivity index (χ4n) is 3.36. The van der Waals surface area contributed by atoms with E-state index in [9.17, 15) is 4.79 Å². The number of nitrogens with one attached hydrogen (secondary N) is 2. The minimum atomic E-state index is 0.0866. The number of rotatable bonds is 7. The first kappa shape index (κ1) is 17.4. The second kappa shape index (κ2) is 8.60. The molecule has 0 unspecified atom stereocenters. The number of hydrogen-bond acceptors (Lipinski definition) is 4. The van der Waals surface area contributed by atoms with Gasteiger partial charge >= 0.3 is 0 Å². The number of fused-ring (bicyclic) bond motifs is 1. The lowest BCUT2D eigenvalue weighted by atomic mass is 10.0. The highest BCUT2D eigenvalue weighted by molar-refractivity contribution is 5.96. The van der Waals surface area contributed by atoms with E-state index in [1.807, 2.05) is 30.5 Å². The van der Waals surface area contributed by atoms with Crippen LogP contribution in [-0.2, 0) is 4.79 Å². The average Bonchev–Trinajstić information content (AvgIpc) is 3.14. The molecule has 1 amide bonds. The predicted molar refractivity (Wildman–Crippen MR) is 102 cm³/mol. The van der Waals surface area contributed by atoms with Crippen LogP contribution in [0.25, 0.3) is 10.9 Å². The van der Waals surface area contributed by atoms with E-state index in [2.05, 4.69) is 27.5 Å². The van der Waals surface area contributed by atoms with Crippen LogP contribution in [0, 0.1) is 5.92 Å². The Hall–Kier alpha value is -2.43. The average molecular weight is 338 g/mol. The summed E-state index contributed by atoms with van der Waals surface area (Å²) >= 11 is 0. The minimum Gasteiger partial charge on any atom is -0.346 e. The molecule has 0 atom stereocenters. The Morgan fingerprint density at radius 1 is 1.28 bits per heavy atom. The van der Waals surface area contributed by atoms with Gasteiger partial charge < -0.3 is 10.6 Å². The van der Waals surface area contributed by atoms with Gasteiger partial charge in [-0.25, -0.2) is 9.97 Å². The molecule has 5 nitrogen and oxygen atoms in total. The van der Waals surface area contributed by atoms with Gasteiger partial charge in [-0.05, 0) is 43.2 Å². The van der Waals surface area contributed by atoms with E-state index >= 15 is 0 Å². The first-order valence-corrected chi connectivity index (χ1v) is 9.22. The third kappa shape index (κ3) is 4.78. The smallest absolute Gasteiger partial charge is 0.224 e. The van der Waals surface area contributed by atoms with Crippen LogP contribution < -0.4 is 10.6 Å². The van der Waals surface area contributed by atoms with Crippen molar-refractivity contribution in [3.8, 4) is 0 Å². The Morgan fingerprint density at radius 3 is 2.92 bits per heavy atom. The number of aromatic nitrogens is 2. The molecule has 3 rings (SSSR count). The van der Waals surface area contributed by atoms with Crippen molar-refractivity contribution in [3.05, 3.63) is 36.8 Å². The van der Waals surface area contributed by atoms with Gasteiger partial charge in [0.15, 0.2) is 0 Å². The van der Waals surface area contributed by atoms with Crippen LogP contribution in [0.3, 0.4) is 0 Å². The first-order chi connectivity index (χ1) is 12.3. The summed E-state index contributed by atoms with van der Waals surface area (Å²) in [6, 6.07) is 5.75. The number of hydrogen-bond donors (Lipinski definition) is 2. The molecule has 1 aliphatic rings. The second-order valence-corrected chi connectivity index (χ2v) is 6.65. The van der Waals surface area contributed by atoms with E-state index in [0.717, 1.165) is 41.2 Å². The molecule has 0 saturated heterocycles. The van der Waals surface area contributed by atoms with Crippen LogP contribution in [0.1, 0.15) is 51.9 Å². The molecule has 1 fully saturated rings. The normalized spacial score (nSPS) is 15.1. The topological polar surface area (TPSA) is 66.9 Å². The van der Waals surface area contributed by atoms with Gasteiger partial charge in [0.05, 0.1) is 5.52 Å². The van der Waals surface area contributed by atoms with Crippen molar-refractivity contribution < 1.29 is 4.79 Å². The monoisotopic (exact) mass is 338 g/mol.